The summed E-state index contributed by atoms with van der Waals surface area (Å²) in [6.45, 7) is 4.26. The van der Waals surface area contributed by atoms with Crippen LogP contribution in [0.4, 0.5) is 5.69 Å². The number of hydrogen-bond donors (Lipinski definition) is 2. The van der Waals surface area contributed by atoms with Crippen molar-refractivity contribution in [3.63, 3.8) is 0 Å². The lowest BCUT2D eigenvalue weighted by Gasteiger charge is -2.06. The number of hydrogen-bond acceptors (Lipinski definition) is 4. The van der Waals surface area contributed by atoms with Crippen LogP contribution < -0.4 is 5.32 Å². The van der Waals surface area contributed by atoms with E-state index in [1.54, 1.807) is 0 Å². The van der Waals surface area contributed by atoms with Crippen LogP contribution in [0.15, 0.2) is 24.3 Å². The van der Waals surface area contributed by atoms with Gasteiger partial charge in [0.2, 0.25) is 5.91 Å². The number of rotatable bonds is 5. The molecule has 19 heavy (non-hydrogen) atoms. The Labute approximate surface area is 111 Å². The molecule has 1 aromatic carbocycles. The minimum atomic E-state index is -0.176. The molecule has 0 radical (unpaired) electrons. The number of aromatic amines is 1. The minimum Gasteiger partial charge on any atom is -0.372 e. The van der Waals surface area contributed by atoms with E-state index >= 15 is 0 Å². The van der Waals surface area contributed by atoms with Gasteiger partial charge in [-0.25, -0.2) is 4.98 Å². The van der Waals surface area contributed by atoms with Crippen LogP contribution in [-0.4, -0.2) is 34.3 Å². The van der Waals surface area contributed by atoms with E-state index in [-0.39, 0.29) is 12.5 Å². The van der Waals surface area contributed by atoms with Gasteiger partial charge in [-0.15, -0.1) is 0 Å². The van der Waals surface area contributed by atoms with E-state index < -0.39 is 0 Å². The van der Waals surface area contributed by atoms with E-state index in [0.29, 0.717) is 18.1 Å². The molecule has 0 fully saturated rings. The number of aromatic nitrogens is 3. The van der Waals surface area contributed by atoms with Crippen LogP contribution in [0.3, 0.4) is 0 Å². The van der Waals surface area contributed by atoms with Crippen molar-refractivity contribution in [3.05, 3.63) is 30.1 Å². The lowest BCUT2D eigenvalue weighted by Crippen LogP contribution is -2.18. The van der Waals surface area contributed by atoms with Gasteiger partial charge < -0.3 is 10.1 Å². The zero-order chi connectivity index (χ0) is 13.7. The van der Waals surface area contributed by atoms with E-state index in [0.717, 1.165) is 11.4 Å². The SMILES string of the molecule is CCOCC(=O)Nc1cccc(-c2n[nH]c(C)n2)c1. The topological polar surface area (TPSA) is 79.9 Å². The maximum absolute atomic E-state index is 11.5. The smallest absolute Gasteiger partial charge is 0.250 e. The summed E-state index contributed by atoms with van der Waals surface area (Å²) in [5, 5.41) is 9.63. The van der Waals surface area contributed by atoms with Crippen LogP contribution >= 0.6 is 0 Å². The first-order valence-corrected chi connectivity index (χ1v) is 6.06. The van der Waals surface area contributed by atoms with E-state index in [1.807, 2.05) is 38.1 Å². The Bertz CT molecular complexity index is 565. The lowest BCUT2D eigenvalue weighted by atomic mass is 10.2. The molecule has 0 spiro atoms. The van der Waals surface area contributed by atoms with Gasteiger partial charge in [-0.1, -0.05) is 12.1 Å². The molecule has 0 unspecified atom stereocenters. The molecule has 2 N–H and O–H groups in total. The average Bonchev–Trinajstić information content (AvgIpc) is 2.83. The molecule has 1 heterocycles. The highest BCUT2D eigenvalue weighted by molar-refractivity contribution is 5.92. The molecule has 2 aromatic rings. The fourth-order valence-corrected chi connectivity index (χ4v) is 1.60. The standard InChI is InChI=1S/C13H16N4O2/c1-3-19-8-12(18)15-11-6-4-5-10(7-11)13-14-9(2)16-17-13/h4-7H,3,8H2,1-2H3,(H,15,18)(H,14,16,17). The normalized spacial score (nSPS) is 10.4. The van der Waals surface area contributed by atoms with Gasteiger partial charge in [0.05, 0.1) is 0 Å². The highest BCUT2D eigenvalue weighted by Crippen LogP contribution is 2.19. The fraction of sp³-hybridized carbons (Fsp3) is 0.308. The predicted molar refractivity (Wildman–Crippen MR) is 71.7 cm³/mol. The van der Waals surface area contributed by atoms with Gasteiger partial charge >= 0.3 is 0 Å². The van der Waals surface area contributed by atoms with Gasteiger partial charge in [-0.3, -0.25) is 9.89 Å². The van der Waals surface area contributed by atoms with Gasteiger partial charge in [-0.05, 0) is 26.0 Å². The lowest BCUT2D eigenvalue weighted by molar-refractivity contribution is -0.120. The zero-order valence-electron chi connectivity index (χ0n) is 10.9. The maximum atomic E-state index is 11.5. The van der Waals surface area contributed by atoms with Crippen molar-refractivity contribution in [2.75, 3.05) is 18.5 Å². The van der Waals surface area contributed by atoms with E-state index in [9.17, 15) is 4.79 Å². The summed E-state index contributed by atoms with van der Waals surface area (Å²) in [6.07, 6.45) is 0. The summed E-state index contributed by atoms with van der Waals surface area (Å²) in [7, 11) is 0. The molecule has 0 aliphatic carbocycles. The predicted octanol–water partition coefficient (Wildman–Crippen LogP) is 1.76. The molecule has 0 bridgehead atoms. The molecule has 0 aliphatic rings. The molecule has 0 saturated carbocycles. The Kier molecular flexibility index (Phi) is 4.25. The van der Waals surface area contributed by atoms with E-state index in [2.05, 4.69) is 20.5 Å². The second-order valence-electron chi connectivity index (χ2n) is 4.01. The number of carbonyl (C=O) groups is 1. The number of carbonyl (C=O) groups excluding carboxylic acids is 1. The third-order valence-corrected chi connectivity index (χ3v) is 2.44. The van der Waals surface area contributed by atoms with Crippen LogP contribution in [0, 0.1) is 6.92 Å². The fourth-order valence-electron chi connectivity index (χ4n) is 1.60. The number of anilines is 1. The van der Waals surface area contributed by atoms with Gasteiger partial charge in [0, 0.05) is 17.9 Å². The first-order valence-electron chi connectivity index (χ1n) is 6.06. The number of H-pyrrole nitrogens is 1. The van der Waals surface area contributed by atoms with Gasteiger partial charge in [0.1, 0.15) is 12.4 Å². The third kappa shape index (κ3) is 3.62. The monoisotopic (exact) mass is 260 g/mol. The van der Waals surface area contributed by atoms with Crippen LogP contribution in [0.5, 0.6) is 0 Å². The Morgan fingerprint density at radius 3 is 3.00 bits per heavy atom. The van der Waals surface area contributed by atoms with Crippen molar-refractivity contribution in [2.45, 2.75) is 13.8 Å². The molecule has 0 aliphatic heterocycles. The van der Waals surface area contributed by atoms with Crippen molar-refractivity contribution < 1.29 is 9.53 Å². The maximum Gasteiger partial charge on any atom is 0.250 e. The largest absolute Gasteiger partial charge is 0.372 e. The van der Waals surface area contributed by atoms with Crippen molar-refractivity contribution in [1.82, 2.24) is 15.2 Å². The second-order valence-corrected chi connectivity index (χ2v) is 4.01. The molecular formula is C13H16N4O2. The van der Waals surface area contributed by atoms with Gasteiger partial charge in [0.25, 0.3) is 0 Å². The third-order valence-electron chi connectivity index (χ3n) is 2.44. The number of benzene rings is 1. The number of nitrogens with one attached hydrogen (secondary N) is 2. The minimum absolute atomic E-state index is 0.0560. The first-order chi connectivity index (χ1) is 9.19. The second kappa shape index (κ2) is 6.10. The van der Waals surface area contributed by atoms with Crippen LogP contribution in [-0.2, 0) is 9.53 Å². The summed E-state index contributed by atoms with van der Waals surface area (Å²) in [5.41, 5.74) is 1.54. The Balaban J connectivity index is 2.09. The highest BCUT2D eigenvalue weighted by Gasteiger charge is 2.06. The molecule has 6 nitrogen and oxygen atoms in total. The van der Waals surface area contributed by atoms with E-state index in [1.165, 1.54) is 0 Å². The Hall–Kier alpha value is -2.21. The van der Waals surface area contributed by atoms with Crippen molar-refractivity contribution in [1.29, 1.82) is 0 Å². The number of amides is 1. The summed E-state index contributed by atoms with van der Waals surface area (Å²) < 4.78 is 5.04. The number of aryl methyl sites for hydroxylation is 1. The van der Waals surface area contributed by atoms with Crippen molar-refractivity contribution in [3.8, 4) is 11.4 Å². The molecule has 100 valence electrons. The van der Waals surface area contributed by atoms with Crippen molar-refractivity contribution in [2.24, 2.45) is 0 Å². The van der Waals surface area contributed by atoms with Gasteiger partial charge in [0.15, 0.2) is 5.82 Å². The molecule has 2 rings (SSSR count). The molecule has 0 saturated heterocycles. The molecule has 1 amide bonds. The Morgan fingerprint density at radius 1 is 1.47 bits per heavy atom. The van der Waals surface area contributed by atoms with Crippen LogP contribution in [0.25, 0.3) is 11.4 Å². The zero-order valence-corrected chi connectivity index (χ0v) is 10.9. The molecule has 6 heteroatoms. The van der Waals surface area contributed by atoms with Gasteiger partial charge in [-0.2, -0.15) is 5.10 Å². The van der Waals surface area contributed by atoms with E-state index in [4.69, 9.17) is 4.74 Å². The average molecular weight is 260 g/mol. The molecular weight excluding hydrogens is 244 g/mol. The quantitative estimate of drug-likeness (QED) is 0.858. The summed E-state index contributed by atoms with van der Waals surface area (Å²) in [4.78, 5) is 15.8. The summed E-state index contributed by atoms with van der Waals surface area (Å²) >= 11 is 0. The molecule has 1 aromatic heterocycles. The molecule has 0 atom stereocenters. The summed E-state index contributed by atoms with van der Waals surface area (Å²) in [5.74, 6) is 1.18. The van der Waals surface area contributed by atoms with Crippen molar-refractivity contribution >= 4 is 11.6 Å². The van der Waals surface area contributed by atoms with Crippen LogP contribution in [0.2, 0.25) is 0 Å². The highest BCUT2D eigenvalue weighted by atomic mass is 16.5. The summed E-state index contributed by atoms with van der Waals surface area (Å²) in [6, 6.07) is 7.37. The Morgan fingerprint density at radius 2 is 2.32 bits per heavy atom. The number of ether oxygens (including phenoxy) is 1. The number of nitrogens with zero attached hydrogens (tertiary/aromatic N) is 2. The first kappa shape index (κ1) is 13.2. The van der Waals surface area contributed by atoms with Crippen LogP contribution in [0.1, 0.15) is 12.7 Å².